The van der Waals surface area contributed by atoms with E-state index in [4.69, 9.17) is 9.47 Å². The summed E-state index contributed by atoms with van der Waals surface area (Å²) in [6.45, 7) is 2.42. The smallest absolute Gasteiger partial charge is 0.329 e. The maximum absolute atomic E-state index is 12.7. The van der Waals surface area contributed by atoms with Gasteiger partial charge in [0.25, 0.3) is 0 Å². The Morgan fingerprint density at radius 2 is 1.89 bits per heavy atom. The molecule has 146 valence electrons. The SMILES string of the molecule is Cc1ccccc1OCCOC(=O)[C@H]1CS[C@@]2(c3ccccc3)CCC(=O)N12. The summed E-state index contributed by atoms with van der Waals surface area (Å²) in [5.41, 5.74) is 2.11. The van der Waals surface area contributed by atoms with E-state index in [1.807, 2.05) is 61.5 Å². The molecule has 2 fully saturated rings. The number of ether oxygens (including phenoxy) is 2. The monoisotopic (exact) mass is 397 g/mol. The highest BCUT2D eigenvalue weighted by Gasteiger charge is 2.57. The van der Waals surface area contributed by atoms with Crippen molar-refractivity contribution >= 4 is 23.6 Å². The molecule has 0 bridgehead atoms. The first-order valence-electron chi connectivity index (χ1n) is 9.48. The highest BCUT2D eigenvalue weighted by Crippen LogP contribution is 2.54. The maximum atomic E-state index is 12.7. The van der Waals surface area contributed by atoms with Crippen LogP contribution in [0.15, 0.2) is 54.6 Å². The minimum Gasteiger partial charge on any atom is -0.490 e. The number of carbonyl (C=O) groups excluding carboxylic acids is 2. The Labute approximate surface area is 169 Å². The van der Waals surface area contributed by atoms with Crippen molar-refractivity contribution in [2.24, 2.45) is 0 Å². The maximum Gasteiger partial charge on any atom is 0.329 e. The number of esters is 1. The summed E-state index contributed by atoms with van der Waals surface area (Å²) in [7, 11) is 0. The number of hydrogen-bond acceptors (Lipinski definition) is 5. The summed E-state index contributed by atoms with van der Waals surface area (Å²) >= 11 is 1.66. The van der Waals surface area contributed by atoms with Gasteiger partial charge in [0.1, 0.15) is 29.9 Å². The lowest BCUT2D eigenvalue weighted by Crippen LogP contribution is -2.46. The Balaban J connectivity index is 1.38. The molecular formula is C22H23NO4S. The first kappa shape index (κ1) is 18.9. The van der Waals surface area contributed by atoms with Crippen LogP contribution >= 0.6 is 11.8 Å². The Morgan fingerprint density at radius 1 is 1.14 bits per heavy atom. The third-order valence-electron chi connectivity index (χ3n) is 5.30. The number of carbonyl (C=O) groups is 2. The van der Waals surface area contributed by atoms with Gasteiger partial charge in [0.15, 0.2) is 0 Å². The molecule has 0 aromatic heterocycles. The summed E-state index contributed by atoms with van der Waals surface area (Å²) < 4.78 is 11.1. The summed E-state index contributed by atoms with van der Waals surface area (Å²) in [5.74, 6) is 1.01. The number of aryl methyl sites for hydroxylation is 1. The van der Waals surface area contributed by atoms with Crippen LogP contribution in [0, 0.1) is 6.92 Å². The fourth-order valence-electron chi connectivity index (χ4n) is 3.92. The highest BCUT2D eigenvalue weighted by atomic mass is 32.2. The predicted octanol–water partition coefficient (Wildman–Crippen LogP) is 3.51. The average molecular weight is 397 g/mol. The molecule has 1 amide bonds. The topological polar surface area (TPSA) is 55.8 Å². The summed E-state index contributed by atoms with van der Waals surface area (Å²) in [6, 6.07) is 17.1. The fraction of sp³-hybridized carbons (Fsp3) is 0.364. The first-order chi connectivity index (χ1) is 13.6. The van der Waals surface area contributed by atoms with E-state index in [9.17, 15) is 9.59 Å². The second-order valence-electron chi connectivity index (χ2n) is 7.02. The van der Waals surface area contributed by atoms with E-state index in [1.54, 1.807) is 16.7 Å². The quantitative estimate of drug-likeness (QED) is 0.552. The van der Waals surface area contributed by atoms with Gasteiger partial charge in [-0.25, -0.2) is 4.79 Å². The lowest BCUT2D eigenvalue weighted by Gasteiger charge is -2.33. The molecule has 0 aliphatic carbocycles. The Hall–Kier alpha value is -2.47. The molecule has 2 aliphatic heterocycles. The van der Waals surface area contributed by atoms with Crippen molar-refractivity contribution in [3.63, 3.8) is 0 Å². The van der Waals surface area contributed by atoms with E-state index in [0.717, 1.165) is 23.3 Å². The van der Waals surface area contributed by atoms with Gasteiger partial charge in [-0.15, -0.1) is 11.8 Å². The number of amides is 1. The molecule has 6 heteroatoms. The van der Waals surface area contributed by atoms with Gasteiger partial charge in [0.2, 0.25) is 5.91 Å². The van der Waals surface area contributed by atoms with Gasteiger partial charge in [0, 0.05) is 12.2 Å². The normalized spacial score (nSPS) is 23.5. The molecule has 2 atom stereocenters. The van der Waals surface area contributed by atoms with Crippen LogP contribution in [-0.4, -0.2) is 41.8 Å². The molecule has 5 nitrogen and oxygen atoms in total. The number of fused-ring (bicyclic) bond motifs is 1. The Morgan fingerprint density at radius 3 is 2.68 bits per heavy atom. The van der Waals surface area contributed by atoms with Crippen molar-refractivity contribution in [2.75, 3.05) is 19.0 Å². The molecule has 0 radical (unpaired) electrons. The molecule has 2 saturated heterocycles. The predicted molar refractivity (Wildman–Crippen MR) is 108 cm³/mol. The molecule has 2 aliphatic rings. The molecule has 4 rings (SSSR count). The van der Waals surface area contributed by atoms with Crippen molar-refractivity contribution in [3.8, 4) is 5.75 Å². The molecular weight excluding hydrogens is 374 g/mol. The molecule has 28 heavy (non-hydrogen) atoms. The van der Waals surface area contributed by atoms with Gasteiger partial charge >= 0.3 is 5.97 Å². The highest BCUT2D eigenvalue weighted by molar-refractivity contribution is 8.00. The summed E-state index contributed by atoms with van der Waals surface area (Å²) in [4.78, 5) is 26.6. The van der Waals surface area contributed by atoms with Crippen molar-refractivity contribution in [3.05, 3.63) is 65.7 Å². The summed E-state index contributed by atoms with van der Waals surface area (Å²) in [6.07, 6.45) is 1.18. The van der Waals surface area contributed by atoms with E-state index in [2.05, 4.69) is 0 Å². The zero-order chi connectivity index (χ0) is 19.6. The lowest BCUT2D eigenvalue weighted by atomic mass is 10.0. The third kappa shape index (κ3) is 3.37. The summed E-state index contributed by atoms with van der Waals surface area (Å²) in [5, 5.41) is 0. The zero-order valence-electron chi connectivity index (χ0n) is 15.8. The van der Waals surface area contributed by atoms with Crippen LogP contribution in [0.3, 0.4) is 0 Å². The van der Waals surface area contributed by atoms with Gasteiger partial charge in [-0.05, 0) is 30.5 Å². The van der Waals surface area contributed by atoms with Crippen molar-refractivity contribution < 1.29 is 19.1 Å². The van der Waals surface area contributed by atoms with Gasteiger partial charge in [-0.3, -0.25) is 4.79 Å². The number of benzene rings is 2. The van der Waals surface area contributed by atoms with Gasteiger partial charge in [0.05, 0.1) is 0 Å². The molecule has 0 saturated carbocycles. The molecule has 2 aromatic rings. The van der Waals surface area contributed by atoms with E-state index in [1.165, 1.54) is 0 Å². The Bertz CT molecular complexity index is 872. The number of nitrogens with zero attached hydrogens (tertiary/aromatic N) is 1. The third-order valence-corrected chi connectivity index (χ3v) is 6.90. The van der Waals surface area contributed by atoms with Crippen molar-refractivity contribution in [1.82, 2.24) is 4.90 Å². The van der Waals surface area contributed by atoms with Crippen molar-refractivity contribution in [2.45, 2.75) is 30.7 Å². The van der Waals surface area contributed by atoms with Gasteiger partial charge < -0.3 is 14.4 Å². The first-order valence-corrected chi connectivity index (χ1v) is 10.5. The van der Waals surface area contributed by atoms with Crippen molar-refractivity contribution in [1.29, 1.82) is 0 Å². The van der Waals surface area contributed by atoms with Crippen LogP contribution in [0.4, 0.5) is 0 Å². The van der Waals surface area contributed by atoms with Crippen LogP contribution in [-0.2, 0) is 19.2 Å². The minimum absolute atomic E-state index is 0.0203. The van der Waals surface area contributed by atoms with Gasteiger partial charge in [-0.1, -0.05) is 48.5 Å². The average Bonchev–Trinajstić information content (AvgIpc) is 3.26. The van der Waals surface area contributed by atoms with Crippen LogP contribution in [0.2, 0.25) is 0 Å². The van der Waals surface area contributed by atoms with Crippen LogP contribution in [0.1, 0.15) is 24.0 Å². The Kier molecular flexibility index (Phi) is 5.31. The van der Waals surface area contributed by atoms with Crippen LogP contribution in [0.5, 0.6) is 5.75 Å². The van der Waals surface area contributed by atoms with Crippen LogP contribution in [0.25, 0.3) is 0 Å². The molecule has 0 spiro atoms. The number of thioether (sulfide) groups is 1. The van der Waals surface area contributed by atoms with E-state index >= 15 is 0 Å². The molecule has 0 N–H and O–H groups in total. The van der Waals surface area contributed by atoms with Gasteiger partial charge in [-0.2, -0.15) is 0 Å². The number of para-hydroxylation sites is 1. The van der Waals surface area contributed by atoms with E-state index < -0.39 is 10.9 Å². The molecule has 0 unspecified atom stereocenters. The molecule has 2 heterocycles. The zero-order valence-corrected chi connectivity index (χ0v) is 16.6. The number of rotatable bonds is 6. The fourth-order valence-corrected chi connectivity index (χ4v) is 5.56. The van der Waals surface area contributed by atoms with E-state index in [-0.39, 0.29) is 25.1 Å². The lowest BCUT2D eigenvalue weighted by molar-refractivity contribution is -0.154. The second kappa shape index (κ2) is 7.87. The minimum atomic E-state index is -0.543. The van der Waals surface area contributed by atoms with Crippen LogP contribution < -0.4 is 4.74 Å². The van der Waals surface area contributed by atoms with E-state index in [0.29, 0.717) is 12.2 Å². The standard InChI is InChI=1S/C22H23NO4S/c1-16-7-5-6-10-19(16)26-13-14-27-21(25)18-15-28-22(12-11-20(24)23(18)22)17-8-3-2-4-9-17/h2-10,18H,11-15H2,1H3/t18-,22-/m1/s1. The largest absolute Gasteiger partial charge is 0.490 e. The second-order valence-corrected chi connectivity index (χ2v) is 8.32. The molecule has 2 aromatic carbocycles. The number of hydrogen-bond donors (Lipinski definition) is 0.